The maximum Gasteiger partial charge on any atom is 0.337 e. The van der Waals surface area contributed by atoms with Gasteiger partial charge in [0.2, 0.25) is 0 Å². The van der Waals surface area contributed by atoms with Gasteiger partial charge < -0.3 is 15.0 Å². The third-order valence-electron chi connectivity index (χ3n) is 3.34. The van der Waals surface area contributed by atoms with Gasteiger partial charge in [-0.25, -0.2) is 18.4 Å². The van der Waals surface area contributed by atoms with E-state index in [0.29, 0.717) is 5.70 Å². The predicted octanol–water partition coefficient (Wildman–Crippen LogP) is 2.11. The number of ether oxygens (including phenoxy) is 1. The molecule has 1 unspecified atom stereocenters. The quantitative estimate of drug-likeness (QED) is 0.850. The van der Waals surface area contributed by atoms with Crippen molar-refractivity contribution in [2.24, 2.45) is 0 Å². The largest absolute Gasteiger partial charge is 0.466 e. The van der Waals surface area contributed by atoms with Crippen molar-refractivity contribution < 1.29 is 23.1 Å². The lowest BCUT2D eigenvalue weighted by atomic mass is 9.94. The molecule has 2 rings (SSSR count). The van der Waals surface area contributed by atoms with Crippen LogP contribution < -0.4 is 5.32 Å². The van der Waals surface area contributed by atoms with Crippen LogP contribution in [0.2, 0.25) is 0 Å². The van der Waals surface area contributed by atoms with Crippen molar-refractivity contribution in [3.8, 4) is 0 Å². The van der Waals surface area contributed by atoms with Crippen molar-refractivity contribution in [1.29, 1.82) is 0 Å². The molecule has 21 heavy (non-hydrogen) atoms. The Labute approximate surface area is 120 Å². The maximum absolute atomic E-state index is 13.4. The average molecular weight is 296 g/mol. The number of likely N-dealkylation sites (N-methyl/N-ethyl adjacent to an activating group) is 1. The van der Waals surface area contributed by atoms with Gasteiger partial charge in [0.05, 0.1) is 18.7 Å². The Kier molecular flexibility index (Phi) is 3.93. The Morgan fingerprint density at radius 2 is 2.00 bits per heavy atom. The molecule has 1 aliphatic rings. The molecule has 1 aromatic rings. The molecule has 1 N–H and O–H groups in total. The van der Waals surface area contributed by atoms with Crippen LogP contribution in [0.3, 0.4) is 0 Å². The molecule has 1 heterocycles. The SMILES string of the molecule is COC(=O)C1=C(C)NC(=O)N(C)C1c1ccc(F)c(F)c1. The summed E-state index contributed by atoms with van der Waals surface area (Å²) in [6, 6.07) is 1.95. The summed E-state index contributed by atoms with van der Waals surface area (Å²) in [5, 5.41) is 2.52. The van der Waals surface area contributed by atoms with Crippen molar-refractivity contribution in [2.75, 3.05) is 14.2 Å². The standard InChI is InChI=1S/C14H14F2N2O3/c1-7-11(13(19)21-3)12(18(2)14(20)17-7)8-4-5-9(15)10(16)6-8/h4-6,12H,1-3H3,(H,17,20). The zero-order valence-corrected chi connectivity index (χ0v) is 11.7. The first-order valence-corrected chi connectivity index (χ1v) is 6.14. The van der Waals surface area contributed by atoms with Crippen molar-refractivity contribution in [2.45, 2.75) is 13.0 Å². The summed E-state index contributed by atoms with van der Waals surface area (Å²) in [6.07, 6.45) is 0. The van der Waals surface area contributed by atoms with Crippen molar-refractivity contribution >= 4 is 12.0 Å². The van der Waals surface area contributed by atoms with Crippen LogP contribution in [-0.4, -0.2) is 31.1 Å². The highest BCUT2D eigenvalue weighted by atomic mass is 19.2. The van der Waals surface area contributed by atoms with E-state index in [0.717, 1.165) is 12.1 Å². The van der Waals surface area contributed by atoms with Crippen LogP contribution in [0.1, 0.15) is 18.5 Å². The molecule has 2 amide bonds. The topological polar surface area (TPSA) is 58.6 Å². The fourth-order valence-corrected chi connectivity index (χ4v) is 2.28. The molecule has 0 spiro atoms. The Hall–Kier alpha value is -2.44. The minimum absolute atomic E-state index is 0.172. The molecule has 1 aromatic carbocycles. The van der Waals surface area contributed by atoms with Crippen LogP contribution in [0.4, 0.5) is 13.6 Å². The lowest BCUT2D eigenvalue weighted by molar-refractivity contribution is -0.137. The normalized spacial score (nSPS) is 18.6. The fraction of sp³-hybridized carbons (Fsp3) is 0.286. The summed E-state index contributed by atoms with van der Waals surface area (Å²) in [4.78, 5) is 25.0. The minimum atomic E-state index is -1.05. The smallest absolute Gasteiger partial charge is 0.337 e. The lowest BCUT2D eigenvalue weighted by Crippen LogP contribution is -2.46. The third kappa shape index (κ3) is 2.58. The molecule has 0 bridgehead atoms. The monoisotopic (exact) mass is 296 g/mol. The fourth-order valence-electron chi connectivity index (χ4n) is 2.28. The van der Waals surface area contributed by atoms with E-state index < -0.39 is 29.7 Å². The second kappa shape index (κ2) is 5.51. The van der Waals surface area contributed by atoms with Gasteiger partial charge in [0.1, 0.15) is 0 Å². The summed E-state index contributed by atoms with van der Waals surface area (Å²) in [5.74, 6) is -2.69. The molecule has 0 saturated carbocycles. The number of hydrogen-bond acceptors (Lipinski definition) is 3. The van der Waals surface area contributed by atoms with E-state index in [-0.39, 0.29) is 11.1 Å². The second-order valence-electron chi connectivity index (χ2n) is 4.65. The van der Waals surface area contributed by atoms with E-state index >= 15 is 0 Å². The van der Waals surface area contributed by atoms with E-state index in [9.17, 15) is 18.4 Å². The van der Waals surface area contributed by atoms with Gasteiger partial charge in [-0.3, -0.25) is 0 Å². The van der Waals surface area contributed by atoms with Crippen LogP contribution in [-0.2, 0) is 9.53 Å². The first-order chi connectivity index (χ1) is 9.86. The van der Waals surface area contributed by atoms with Gasteiger partial charge in [-0.1, -0.05) is 6.07 Å². The Morgan fingerprint density at radius 1 is 1.33 bits per heavy atom. The summed E-state index contributed by atoms with van der Waals surface area (Å²) in [5.41, 5.74) is 0.774. The number of amides is 2. The number of nitrogens with zero attached hydrogens (tertiary/aromatic N) is 1. The number of rotatable bonds is 2. The number of carbonyl (C=O) groups is 2. The number of nitrogens with one attached hydrogen (secondary N) is 1. The number of esters is 1. The lowest BCUT2D eigenvalue weighted by Gasteiger charge is -2.35. The summed E-state index contributed by atoms with van der Waals surface area (Å²) >= 11 is 0. The summed E-state index contributed by atoms with van der Waals surface area (Å²) < 4.78 is 31.2. The molecule has 0 aliphatic carbocycles. The molecule has 1 atom stereocenters. The molecule has 0 saturated heterocycles. The van der Waals surface area contributed by atoms with E-state index in [1.54, 1.807) is 6.92 Å². The Balaban J connectivity index is 2.59. The molecular weight excluding hydrogens is 282 g/mol. The van der Waals surface area contributed by atoms with E-state index in [1.165, 1.54) is 25.1 Å². The van der Waals surface area contributed by atoms with Gasteiger partial charge >= 0.3 is 12.0 Å². The van der Waals surface area contributed by atoms with Crippen LogP contribution in [0, 0.1) is 11.6 Å². The van der Waals surface area contributed by atoms with Gasteiger partial charge in [0.15, 0.2) is 11.6 Å². The highest BCUT2D eigenvalue weighted by molar-refractivity contribution is 5.94. The highest BCUT2D eigenvalue weighted by Gasteiger charge is 2.36. The highest BCUT2D eigenvalue weighted by Crippen LogP contribution is 2.33. The van der Waals surface area contributed by atoms with Gasteiger partial charge in [-0.2, -0.15) is 0 Å². The molecule has 112 valence electrons. The van der Waals surface area contributed by atoms with E-state index in [2.05, 4.69) is 5.32 Å². The van der Waals surface area contributed by atoms with E-state index in [4.69, 9.17) is 4.74 Å². The molecule has 7 heteroatoms. The van der Waals surface area contributed by atoms with Crippen LogP contribution >= 0.6 is 0 Å². The molecule has 0 radical (unpaired) electrons. The number of carbonyl (C=O) groups excluding carboxylic acids is 2. The van der Waals surface area contributed by atoms with Crippen molar-refractivity contribution in [3.05, 3.63) is 46.7 Å². The molecule has 0 aromatic heterocycles. The predicted molar refractivity (Wildman–Crippen MR) is 70.1 cm³/mol. The molecular formula is C14H14F2N2O3. The third-order valence-corrected chi connectivity index (χ3v) is 3.34. The number of methoxy groups -OCH3 is 1. The maximum atomic E-state index is 13.4. The number of hydrogen-bond donors (Lipinski definition) is 1. The van der Waals surface area contributed by atoms with Crippen molar-refractivity contribution in [3.63, 3.8) is 0 Å². The van der Waals surface area contributed by atoms with Crippen LogP contribution in [0.5, 0.6) is 0 Å². The first kappa shape index (κ1) is 15.0. The van der Waals surface area contributed by atoms with Gasteiger partial charge in [-0.15, -0.1) is 0 Å². The number of urea groups is 1. The van der Waals surface area contributed by atoms with Gasteiger partial charge in [-0.05, 0) is 24.6 Å². The molecule has 5 nitrogen and oxygen atoms in total. The first-order valence-electron chi connectivity index (χ1n) is 6.14. The number of halogens is 2. The number of allylic oxidation sites excluding steroid dienone is 1. The van der Waals surface area contributed by atoms with Crippen LogP contribution in [0.15, 0.2) is 29.5 Å². The summed E-state index contributed by atoms with van der Waals surface area (Å²) in [6.45, 7) is 1.55. The Bertz CT molecular complexity index is 643. The average Bonchev–Trinajstić information content (AvgIpc) is 2.45. The minimum Gasteiger partial charge on any atom is -0.466 e. The van der Waals surface area contributed by atoms with Crippen molar-refractivity contribution in [1.82, 2.24) is 10.2 Å². The summed E-state index contributed by atoms with van der Waals surface area (Å²) in [7, 11) is 2.66. The van der Waals surface area contributed by atoms with E-state index in [1.807, 2.05) is 0 Å². The zero-order valence-electron chi connectivity index (χ0n) is 11.7. The molecule has 1 aliphatic heterocycles. The van der Waals surface area contributed by atoms with Gasteiger partial charge in [0.25, 0.3) is 0 Å². The van der Waals surface area contributed by atoms with Crippen LogP contribution in [0.25, 0.3) is 0 Å². The Morgan fingerprint density at radius 3 is 2.57 bits per heavy atom. The second-order valence-corrected chi connectivity index (χ2v) is 4.65. The molecule has 0 fully saturated rings. The number of benzene rings is 1. The zero-order chi connectivity index (χ0) is 15.7. The van der Waals surface area contributed by atoms with Gasteiger partial charge in [0, 0.05) is 12.7 Å².